The minimum atomic E-state index is 0.686. The smallest absolute Gasteiger partial charge is 0.135 e. The van der Waals surface area contributed by atoms with Crippen LogP contribution in [-0.4, -0.2) is 6.61 Å². The van der Waals surface area contributed by atoms with E-state index in [0.29, 0.717) is 6.61 Å². The van der Waals surface area contributed by atoms with Crippen LogP contribution >= 0.6 is 0 Å². The fourth-order valence-corrected chi connectivity index (χ4v) is 4.19. The predicted octanol–water partition coefficient (Wildman–Crippen LogP) is 5.60. The Morgan fingerprint density at radius 3 is 2.57 bits per heavy atom. The second kappa shape index (κ2) is 4.73. The summed E-state index contributed by atoms with van der Waals surface area (Å²) in [6, 6.07) is 17.5. The summed E-state index contributed by atoms with van der Waals surface area (Å²) in [5.41, 5.74) is 8.47. The molecule has 0 amide bonds. The lowest BCUT2D eigenvalue weighted by Gasteiger charge is -2.24. The molecule has 2 aliphatic rings. The highest BCUT2D eigenvalue weighted by atomic mass is 16.5. The van der Waals surface area contributed by atoms with Crippen LogP contribution in [0, 0.1) is 0 Å². The number of benzene rings is 3. The number of hydrogen-bond donors (Lipinski definition) is 0. The van der Waals surface area contributed by atoms with Gasteiger partial charge in [0.25, 0.3) is 0 Å². The molecule has 0 saturated carbocycles. The summed E-state index contributed by atoms with van der Waals surface area (Å²) in [5, 5.41) is 2.57. The lowest BCUT2D eigenvalue weighted by Crippen LogP contribution is -2.08. The highest BCUT2D eigenvalue weighted by Crippen LogP contribution is 2.50. The Labute approximate surface area is 136 Å². The highest BCUT2D eigenvalue weighted by Gasteiger charge is 2.29. The third kappa shape index (κ3) is 1.68. The van der Waals surface area contributed by atoms with Crippen molar-refractivity contribution in [1.29, 1.82) is 0 Å². The summed E-state index contributed by atoms with van der Waals surface area (Å²) in [7, 11) is 0. The van der Waals surface area contributed by atoms with E-state index in [1.165, 1.54) is 44.2 Å². The molecule has 0 atom stereocenters. The topological polar surface area (TPSA) is 9.23 Å². The summed E-state index contributed by atoms with van der Waals surface area (Å²) in [4.78, 5) is 0. The van der Waals surface area contributed by atoms with Gasteiger partial charge in [0.15, 0.2) is 0 Å². The summed E-state index contributed by atoms with van der Waals surface area (Å²) >= 11 is 0. The Morgan fingerprint density at radius 1 is 0.913 bits per heavy atom. The maximum Gasteiger partial charge on any atom is 0.135 e. The fraction of sp³-hybridized carbons (Fsp3) is 0.182. The van der Waals surface area contributed by atoms with Crippen LogP contribution in [0.15, 0.2) is 54.6 Å². The zero-order chi connectivity index (χ0) is 15.4. The van der Waals surface area contributed by atoms with Crippen LogP contribution in [0.3, 0.4) is 0 Å². The van der Waals surface area contributed by atoms with Crippen molar-refractivity contribution < 1.29 is 4.74 Å². The van der Waals surface area contributed by atoms with E-state index >= 15 is 0 Å². The van der Waals surface area contributed by atoms with Crippen molar-refractivity contribution in [3.05, 3.63) is 71.3 Å². The first-order chi connectivity index (χ1) is 11.4. The minimum absolute atomic E-state index is 0.686. The van der Waals surface area contributed by atoms with Crippen LogP contribution in [0.2, 0.25) is 0 Å². The third-order valence-electron chi connectivity index (χ3n) is 5.18. The summed E-state index contributed by atoms with van der Waals surface area (Å²) in [6.45, 7) is 2.93. The average molecular weight is 298 g/mol. The number of fused-ring (bicyclic) bond motifs is 8. The van der Waals surface area contributed by atoms with Crippen molar-refractivity contribution >= 4 is 16.3 Å². The molecule has 0 unspecified atom stereocenters. The lowest BCUT2D eigenvalue weighted by atomic mass is 9.87. The van der Waals surface area contributed by atoms with Crippen LogP contribution in [0.5, 0.6) is 5.75 Å². The molecule has 5 rings (SSSR count). The van der Waals surface area contributed by atoms with Crippen LogP contribution in [0.1, 0.15) is 30.0 Å². The van der Waals surface area contributed by atoms with Crippen LogP contribution in [0.25, 0.3) is 27.5 Å². The first kappa shape index (κ1) is 13.0. The quantitative estimate of drug-likeness (QED) is 0.444. The van der Waals surface area contributed by atoms with Gasteiger partial charge in [-0.15, -0.1) is 0 Å². The molecule has 3 aromatic rings. The molecule has 23 heavy (non-hydrogen) atoms. The largest absolute Gasteiger partial charge is 0.488 e. The normalized spacial score (nSPS) is 14.7. The van der Waals surface area contributed by atoms with Crippen molar-refractivity contribution in [3.8, 4) is 16.9 Å². The molecule has 1 heterocycles. The number of allylic oxidation sites excluding steroid dienone is 1. The zero-order valence-corrected chi connectivity index (χ0v) is 13.2. The Morgan fingerprint density at radius 2 is 1.70 bits per heavy atom. The molecular formula is C22H18O. The Balaban J connectivity index is 1.97. The molecule has 0 bridgehead atoms. The van der Waals surface area contributed by atoms with E-state index in [-0.39, 0.29) is 0 Å². The Hall–Kier alpha value is -2.54. The molecule has 1 heteroatoms. The SMILES string of the molecule is CCC1=CCOc2c1c1c(c3ccccc23)-c2ccccc2C1. The maximum atomic E-state index is 6.12. The first-order valence-corrected chi connectivity index (χ1v) is 8.36. The van der Waals surface area contributed by atoms with Gasteiger partial charge in [-0.2, -0.15) is 0 Å². The van der Waals surface area contributed by atoms with Gasteiger partial charge in [-0.05, 0) is 52.1 Å². The van der Waals surface area contributed by atoms with E-state index in [2.05, 4.69) is 61.5 Å². The zero-order valence-electron chi connectivity index (χ0n) is 13.2. The molecule has 0 radical (unpaired) electrons. The van der Waals surface area contributed by atoms with Crippen molar-refractivity contribution in [2.45, 2.75) is 19.8 Å². The van der Waals surface area contributed by atoms with Gasteiger partial charge >= 0.3 is 0 Å². The fourth-order valence-electron chi connectivity index (χ4n) is 4.19. The Kier molecular flexibility index (Phi) is 2.66. The molecule has 3 aromatic carbocycles. The van der Waals surface area contributed by atoms with Crippen molar-refractivity contribution in [1.82, 2.24) is 0 Å². The predicted molar refractivity (Wildman–Crippen MR) is 96.0 cm³/mol. The number of ether oxygens (including phenoxy) is 1. The second-order valence-corrected chi connectivity index (χ2v) is 6.33. The van der Waals surface area contributed by atoms with Crippen LogP contribution in [-0.2, 0) is 6.42 Å². The maximum absolute atomic E-state index is 6.12. The molecule has 0 fully saturated rings. The minimum Gasteiger partial charge on any atom is -0.488 e. The van der Waals surface area contributed by atoms with Gasteiger partial charge in [-0.1, -0.05) is 55.5 Å². The standard InChI is InChI=1S/C22H18O/c1-2-14-11-12-23-22-18-10-6-5-9-17(18)21-16-8-4-3-7-15(16)13-19(21)20(14)22/h3-11H,2,12-13H2,1H3. The van der Waals surface area contributed by atoms with Crippen LogP contribution < -0.4 is 4.74 Å². The van der Waals surface area contributed by atoms with E-state index in [1.54, 1.807) is 0 Å². The van der Waals surface area contributed by atoms with Gasteiger partial charge in [0.2, 0.25) is 0 Å². The van der Waals surface area contributed by atoms with Crippen molar-refractivity contribution in [3.63, 3.8) is 0 Å². The monoisotopic (exact) mass is 298 g/mol. The van der Waals surface area contributed by atoms with Gasteiger partial charge in [0.05, 0.1) is 0 Å². The molecular weight excluding hydrogens is 280 g/mol. The highest BCUT2D eigenvalue weighted by molar-refractivity contribution is 6.08. The van der Waals surface area contributed by atoms with Gasteiger partial charge in [-0.3, -0.25) is 0 Å². The van der Waals surface area contributed by atoms with Gasteiger partial charge < -0.3 is 4.74 Å². The number of hydrogen-bond acceptors (Lipinski definition) is 1. The van der Waals surface area contributed by atoms with Crippen LogP contribution in [0.4, 0.5) is 0 Å². The molecule has 0 aromatic heterocycles. The van der Waals surface area contributed by atoms with Crippen molar-refractivity contribution in [2.24, 2.45) is 0 Å². The second-order valence-electron chi connectivity index (χ2n) is 6.33. The first-order valence-electron chi connectivity index (χ1n) is 8.36. The van der Waals surface area contributed by atoms with E-state index in [4.69, 9.17) is 4.74 Å². The van der Waals surface area contributed by atoms with Crippen molar-refractivity contribution in [2.75, 3.05) is 6.61 Å². The third-order valence-corrected chi connectivity index (χ3v) is 5.18. The Bertz CT molecular complexity index is 979. The van der Waals surface area contributed by atoms with E-state index in [0.717, 1.165) is 18.6 Å². The molecule has 0 saturated heterocycles. The molecule has 112 valence electrons. The van der Waals surface area contributed by atoms with Gasteiger partial charge in [-0.25, -0.2) is 0 Å². The summed E-state index contributed by atoms with van der Waals surface area (Å²) in [6.07, 6.45) is 4.32. The van der Waals surface area contributed by atoms with E-state index in [9.17, 15) is 0 Å². The summed E-state index contributed by atoms with van der Waals surface area (Å²) < 4.78 is 6.12. The molecule has 1 nitrogen and oxygen atoms in total. The van der Waals surface area contributed by atoms with E-state index in [1.807, 2.05) is 0 Å². The molecule has 1 aliphatic carbocycles. The van der Waals surface area contributed by atoms with Gasteiger partial charge in [0.1, 0.15) is 12.4 Å². The molecule has 1 aliphatic heterocycles. The average Bonchev–Trinajstić information content (AvgIpc) is 3.01. The van der Waals surface area contributed by atoms with E-state index < -0.39 is 0 Å². The number of rotatable bonds is 1. The van der Waals surface area contributed by atoms with Gasteiger partial charge in [0, 0.05) is 10.9 Å². The lowest BCUT2D eigenvalue weighted by molar-refractivity contribution is 0.361. The molecule has 0 N–H and O–H groups in total. The molecule has 0 spiro atoms. The summed E-state index contributed by atoms with van der Waals surface area (Å²) in [5.74, 6) is 1.09.